The van der Waals surface area contributed by atoms with Gasteiger partial charge in [-0.2, -0.15) is 5.10 Å². The average Bonchev–Trinajstić information content (AvgIpc) is 2.82. The van der Waals surface area contributed by atoms with Crippen LogP contribution in [0, 0.1) is 5.92 Å². The Morgan fingerprint density at radius 1 is 1.33 bits per heavy atom. The van der Waals surface area contributed by atoms with E-state index in [0.29, 0.717) is 12.8 Å². The van der Waals surface area contributed by atoms with Gasteiger partial charge in [-0.25, -0.2) is 4.68 Å². The zero-order chi connectivity index (χ0) is 12.5. The number of carbonyl (C=O) groups is 1. The van der Waals surface area contributed by atoms with Gasteiger partial charge in [0.05, 0.1) is 17.3 Å². The van der Waals surface area contributed by atoms with Crippen LogP contribution in [0.25, 0.3) is 5.69 Å². The van der Waals surface area contributed by atoms with E-state index in [4.69, 9.17) is 5.11 Å². The number of hydrogen-bond donors (Lipinski definition) is 1. The highest BCUT2D eigenvalue weighted by atomic mass is 16.4. The average molecular weight is 242 g/mol. The number of aryl methyl sites for hydroxylation is 1. The minimum absolute atomic E-state index is 0.258. The van der Waals surface area contributed by atoms with Crippen LogP contribution in [0.2, 0.25) is 0 Å². The number of benzene rings is 1. The second-order valence-electron chi connectivity index (χ2n) is 4.66. The van der Waals surface area contributed by atoms with Gasteiger partial charge in [-0.3, -0.25) is 4.79 Å². The molecular formula is C14H14N2O2. The SMILES string of the molecule is O=C(O)[C@@H]1CCc2nn(-c3ccccc3)cc2C1. The van der Waals surface area contributed by atoms with E-state index in [1.165, 1.54) is 0 Å². The molecule has 4 heteroatoms. The zero-order valence-corrected chi connectivity index (χ0v) is 9.91. The molecule has 18 heavy (non-hydrogen) atoms. The third-order valence-corrected chi connectivity index (χ3v) is 3.44. The van der Waals surface area contributed by atoms with E-state index in [1.807, 2.05) is 41.2 Å². The van der Waals surface area contributed by atoms with Crippen LogP contribution in [-0.4, -0.2) is 20.9 Å². The number of carboxylic acid groups (broad SMARTS) is 1. The van der Waals surface area contributed by atoms with E-state index in [0.717, 1.165) is 23.4 Å². The van der Waals surface area contributed by atoms with E-state index in [1.54, 1.807) is 0 Å². The molecule has 0 spiro atoms. The largest absolute Gasteiger partial charge is 0.481 e. The Morgan fingerprint density at radius 3 is 2.83 bits per heavy atom. The van der Waals surface area contributed by atoms with Gasteiger partial charge in [0.25, 0.3) is 0 Å². The standard InChI is InChI=1S/C14H14N2O2/c17-14(18)10-6-7-13-11(8-10)9-16(15-13)12-4-2-1-3-5-12/h1-5,9-10H,6-8H2,(H,17,18)/t10-/m1/s1. The molecule has 1 atom stereocenters. The molecule has 0 fully saturated rings. The van der Waals surface area contributed by atoms with Gasteiger partial charge < -0.3 is 5.11 Å². The maximum absolute atomic E-state index is 11.0. The van der Waals surface area contributed by atoms with Crippen LogP contribution in [0.15, 0.2) is 36.5 Å². The number of carboxylic acids is 1. The molecule has 1 aromatic carbocycles. The highest BCUT2D eigenvalue weighted by Gasteiger charge is 2.26. The monoisotopic (exact) mass is 242 g/mol. The van der Waals surface area contributed by atoms with Crippen molar-refractivity contribution in [3.8, 4) is 5.69 Å². The van der Waals surface area contributed by atoms with Crippen LogP contribution in [0.3, 0.4) is 0 Å². The first kappa shape index (κ1) is 11.0. The molecule has 92 valence electrons. The molecule has 0 aliphatic heterocycles. The quantitative estimate of drug-likeness (QED) is 0.877. The van der Waals surface area contributed by atoms with Crippen LogP contribution in [-0.2, 0) is 17.6 Å². The van der Waals surface area contributed by atoms with Crippen LogP contribution < -0.4 is 0 Å². The van der Waals surface area contributed by atoms with Crippen LogP contribution in [0.5, 0.6) is 0 Å². The predicted octanol–water partition coefficient (Wildman–Crippen LogP) is 2.06. The van der Waals surface area contributed by atoms with Gasteiger partial charge in [-0.15, -0.1) is 0 Å². The van der Waals surface area contributed by atoms with Crippen molar-refractivity contribution in [2.24, 2.45) is 5.92 Å². The molecule has 4 nitrogen and oxygen atoms in total. The van der Waals surface area contributed by atoms with Crippen molar-refractivity contribution in [2.45, 2.75) is 19.3 Å². The summed E-state index contributed by atoms with van der Waals surface area (Å²) >= 11 is 0. The second kappa shape index (κ2) is 4.29. The van der Waals surface area contributed by atoms with Gasteiger partial charge in [0.15, 0.2) is 0 Å². The van der Waals surface area contributed by atoms with Gasteiger partial charge in [0, 0.05) is 6.20 Å². The topological polar surface area (TPSA) is 55.1 Å². The summed E-state index contributed by atoms with van der Waals surface area (Å²) in [4.78, 5) is 11.0. The number of para-hydroxylation sites is 1. The van der Waals surface area contributed by atoms with Crippen LogP contribution in [0.1, 0.15) is 17.7 Å². The highest BCUT2D eigenvalue weighted by molar-refractivity contribution is 5.70. The third-order valence-electron chi connectivity index (χ3n) is 3.44. The molecule has 2 aromatic rings. The Hall–Kier alpha value is -2.10. The lowest BCUT2D eigenvalue weighted by molar-refractivity contribution is -0.142. The highest BCUT2D eigenvalue weighted by Crippen LogP contribution is 2.25. The van der Waals surface area contributed by atoms with E-state index in [-0.39, 0.29) is 5.92 Å². The molecule has 1 aliphatic carbocycles. The fourth-order valence-corrected chi connectivity index (χ4v) is 2.43. The first-order chi connectivity index (χ1) is 8.74. The summed E-state index contributed by atoms with van der Waals surface area (Å²) in [6.45, 7) is 0. The lowest BCUT2D eigenvalue weighted by atomic mass is 9.88. The van der Waals surface area contributed by atoms with Gasteiger partial charge in [0.1, 0.15) is 0 Å². The van der Waals surface area contributed by atoms with Crippen molar-refractivity contribution in [2.75, 3.05) is 0 Å². The molecule has 0 amide bonds. The predicted molar refractivity (Wildman–Crippen MR) is 66.7 cm³/mol. The fraction of sp³-hybridized carbons (Fsp3) is 0.286. The van der Waals surface area contributed by atoms with Gasteiger partial charge in [-0.05, 0) is 37.0 Å². The summed E-state index contributed by atoms with van der Waals surface area (Å²) in [6.07, 6.45) is 4.00. The summed E-state index contributed by atoms with van der Waals surface area (Å²) in [6, 6.07) is 9.89. The minimum Gasteiger partial charge on any atom is -0.481 e. The maximum Gasteiger partial charge on any atom is 0.306 e. The van der Waals surface area contributed by atoms with E-state index >= 15 is 0 Å². The number of rotatable bonds is 2. The van der Waals surface area contributed by atoms with Gasteiger partial charge in [0.2, 0.25) is 0 Å². The second-order valence-corrected chi connectivity index (χ2v) is 4.66. The normalized spacial score (nSPS) is 18.3. The van der Waals surface area contributed by atoms with Crippen molar-refractivity contribution >= 4 is 5.97 Å². The van der Waals surface area contributed by atoms with E-state index in [9.17, 15) is 4.79 Å². The molecule has 1 aliphatic rings. The maximum atomic E-state index is 11.0. The molecule has 1 aromatic heterocycles. The Morgan fingerprint density at radius 2 is 2.11 bits per heavy atom. The van der Waals surface area contributed by atoms with Crippen molar-refractivity contribution in [1.82, 2.24) is 9.78 Å². The lowest BCUT2D eigenvalue weighted by Crippen LogP contribution is -2.21. The number of aliphatic carboxylic acids is 1. The Kier molecular flexibility index (Phi) is 2.63. The number of nitrogens with zero attached hydrogens (tertiary/aromatic N) is 2. The minimum atomic E-state index is -0.701. The first-order valence-corrected chi connectivity index (χ1v) is 6.09. The number of hydrogen-bond acceptors (Lipinski definition) is 2. The van der Waals surface area contributed by atoms with Crippen LogP contribution in [0.4, 0.5) is 0 Å². The molecule has 3 rings (SSSR count). The first-order valence-electron chi connectivity index (χ1n) is 6.09. The summed E-state index contributed by atoms with van der Waals surface area (Å²) in [5, 5.41) is 13.6. The Balaban J connectivity index is 1.92. The van der Waals surface area contributed by atoms with E-state index < -0.39 is 5.97 Å². The Labute approximate surface area is 105 Å². The van der Waals surface area contributed by atoms with E-state index in [2.05, 4.69) is 5.10 Å². The number of fused-ring (bicyclic) bond motifs is 1. The number of aromatic nitrogens is 2. The van der Waals surface area contributed by atoms with Gasteiger partial charge >= 0.3 is 5.97 Å². The molecule has 0 saturated carbocycles. The smallest absolute Gasteiger partial charge is 0.306 e. The molecule has 1 heterocycles. The van der Waals surface area contributed by atoms with Gasteiger partial charge in [-0.1, -0.05) is 18.2 Å². The van der Waals surface area contributed by atoms with Crippen molar-refractivity contribution in [3.63, 3.8) is 0 Å². The summed E-state index contributed by atoms with van der Waals surface area (Å²) in [5.74, 6) is -0.959. The fourth-order valence-electron chi connectivity index (χ4n) is 2.43. The summed E-state index contributed by atoms with van der Waals surface area (Å²) < 4.78 is 1.84. The zero-order valence-electron chi connectivity index (χ0n) is 9.91. The van der Waals surface area contributed by atoms with Crippen molar-refractivity contribution in [3.05, 3.63) is 47.8 Å². The Bertz CT molecular complexity index is 575. The lowest BCUT2D eigenvalue weighted by Gasteiger charge is -2.16. The molecule has 0 saturated heterocycles. The summed E-state index contributed by atoms with van der Waals surface area (Å²) in [5.41, 5.74) is 3.12. The summed E-state index contributed by atoms with van der Waals surface area (Å²) in [7, 11) is 0. The molecule has 0 bridgehead atoms. The molecule has 0 radical (unpaired) electrons. The molecular weight excluding hydrogens is 228 g/mol. The molecule has 1 N–H and O–H groups in total. The van der Waals surface area contributed by atoms with Crippen LogP contribution >= 0.6 is 0 Å². The third kappa shape index (κ3) is 1.90. The van der Waals surface area contributed by atoms with Crippen molar-refractivity contribution in [1.29, 1.82) is 0 Å². The van der Waals surface area contributed by atoms with Crippen molar-refractivity contribution < 1.29 is 9.90 Å². The molecule has 0 unspecified atom stereocenters.